The molecule has 1 heterocycles. The van der Waals surface area contributed by atoms with Gasteiger partial charge >= 0.3 is 0 Å². The Kier molecular flexibility index (Phi) is 5.17. The van der Waals surface area contributed by atoms with Gasteiger partial charge in [0.2, 0.25) is 12.7 Å². The molecule has 174 valence electrons. The third-order valence-corrected chi connectivity index (χ3v) is 6.62. The fraction of sp³-hybridized carbons (Fsp3) is 0.321. The number of amides is 1. The predicted octanol–water partition coefficient (Wildman–Crippen LogP) is 6.03. The van der Waals surface area contributed by atoms with E-state index in [2.05, 4.69) is 32.2 Å². The fourth-order valence-electron chi connectivity index (χ4n) is 4.57. The lowest BCUT2D eigenvalue weighted by Crippen LogP contribution is -2.28. The third-order valence-electron chi connectivity index (χ3n) is 6.62. The minimum Gasteiger partial charge on any atom is -0.454 e. The van der Waals surface area contributed by atoms with Gasteiger partial charge in [0.1, 0.15) is 0 Å². The Morgan fingerprint density at radius 2 is 1.82 bits per heavy atom. The van der Waals surface area contributed by atoms with Crippen molar-refractivity contribution in [1.82, 2.24) is 0 Å². The molecule has 5 nitrogen and oxygen atoms in total. The molecule has 3 aromatic rings. The van der Waals surface area contributed by atoms with Crippen molar-refractivity contribution in [1.29, 1.82) is 0 Å². The lowest BCUT2D eigenvalue weighted by Gasteiger charge is -2.25. The molecular weight excluding hydrogens is 414 g/mol. The Morgan fingerprint density at radius 1 is 1.03 bits per heavy atom. The van der Waals surface area contributed by atoms with Crippen molar-refractivity contribution in [3.05, 3.63) is 77.4 Å². The van der Waals surface area contributed by atoms with Crippen LogP contribution in [-0.2, 0) is 22.2 Å². The first-order chi connectivity index (χ1) is 15.8. The zero-order valence-electron chi connectivity index (χ0n) is 19.3. The molecule has 0 aromatic heterocycles. The topological polar surface area (TPSA) is 67.8 Å². The van der Waals surface area contributed by atoms with Gasteiger partial charge < -0.3 is 19.9 Å². The normalized spacial score (nSPS) is 15.9. The van der Waals surface area contributed by atoms with Gasteiger partial charge in [0.15, 0.2) is 11.5 Å². The molecule has 2 aliphatic rings. The van der Waals surface area contributed by atoms with E-state index in [4.69, 9.17) is 9.47 Å². The average Bonchev–Trinajstić information content (AvgIpc) is 3.49. The van der Waals surface area contributed by atoms with Crippen LogP contribution in [0.4, 0.5) is 5.69 Å². The molecule has 1 amide bonds. The summed E-state index contributed by atoms with van der Waals surface area (Å²) < 4.78 is 10.9. The second-order valence-corrected chi connectivity index (χ2v) is 9.97. The first-order valence-electron chi connectivity index (χ1n) is 11.4. The Bertz CT molecular complexity index is 1230. The van der Waals surface area contributed by atoms with Gasteiger partial charge in [-0.15, -0.1) is 0 Å². The van der Waals surface area contributed by atoms with Crippen LogP contribution < -0.4 is 14.8 Å². The van der Waals surface area contributed by atoms with Gasteiger partial charge in [0, 0.05) is 8.54 Å². The van der Waals surface area contributed by atoms with Crippen molar-refractivity contribution in [2.24, 2.45) is 0 Å². The number of benzene rings is 3. The van der Waals surface area contributed by atoms with E-state index in [9.17, 15) is 9.90 Å². The SMILES string of the molecule is CC(C)(C)c1ccc(NC(=O)C2(c3ccc4c(c3)OCO4)CC2)cc1-c1cccc(CO)c1.[HH].[HH]. The summed E-state index contributed by atoms with van der Waals surface area (Å²) >= 11 is 0. The number of rotatable bonds is 5. The summed E-state index contributed by atoms with van der Waals surface area (Å²) in [6, 6.07) is 19.8. The quantitative estimate of drug-likeness (QED) is 0.501. The minimum absolute atomic E-state index is 0. The molecule has 3 aromatic carbocycles. The summed E-state index contributed by atoms with van der Waals surface area (Å²) in [6.45, 7) is 6.75. The third kappa shape index (κ3) is 3.98. The standard InChI is InChI=1S/C28H29NO4.2H2/c1-27(2,3)23-9-8-21(15-22(23)19-6-4-5-18(13-19)16-30)29-26(31)28(11-12-28)20-7-10-24-25(14-20)33-17-32-24;;/h4-10,13-15,30H,11-12,16-17H2,1-3H3,(H,29,31);2*1H. The highest BCUT2D eigenvalue weighted by molar-refractivity contribution is 6.02. The summed E-state index contributed by atoms with van der Waals surface area (Å²) in [4.78, 5) is 13.4. The van der Waals surface area contributed by atoms with Gasteiger partial charge in [-0.1, -0.05) is 51.1 Å². The molecule has 0 spiro atoms. The number of hydrogen-bond acceptors (Lipinski definition) is 4. The lowest BCUT2D eigenvalue weighted by atomic mass is 9.81. The van der Waals surface area contributed by atoms with E-state index in [1.807, 2.05) is 54.6 Å². The zero-order valence-corrected chi connectivity index (χ0v) is 19.3. The van der Waals surface area contributed by atoms with Crippen molar-refractivity contribution in [3.8, 4) is 22.6 Å². The second kappa shape index (κ2) is 7.92. The molecule has 0 atom stereocenters. The van der Waals surface area contributed by atoms with Crippen LogP contribution in [0, 0.1) is 0 Å². The van der Waals surface area contributed by atoms with Crippen LogP contribution in [0.1, 0.15) is 53.2 Å². The molecule has 1 aliphatic heterocycles. The van der Waals surface area contributed by atoms with Crippen molar-refractivity contribution in [2.75, 3.05) is 12.1 Å². The van der Waals surface area contributed by atoms with Crippen LogP contribution in [-0.4, -0.2) is 17.8 Å². The van der Waals surface area contributed by atoms with E-state index in [1.165, 1.54) is 5.56 Å². The Morgan fingerprint density at radius 3 is 2.55 bits per heavy atom. The second-order valence-electron chi connectivity index (χ2n) is 9.97. The lowest BCUT2D eigenvalue weighted by molar-refractivity contribution is -0.118. The number of carbonyl (C=O) groups excluding carboxylic acids is 1. The van der Waals surface area contributed by atoms with E-state index in [-0.39, 0.29) is 27.6 Å². The molecular formula is C28H33NO4. The monoisotopic (exact) mass is 447 g/mol. The number of carbonyl (C=O) groups is 1. The van der Waals surface area contributed by atoms with Crippen molar-refractivity contribution in [3.63, 3.8) is 0 Å². The summed E-state index contributed by atoms with van der Waals surface area (Å²) in [5.74, 6) is 1.43. The Hall–Kier alpha value is -3.31. The largest absolute Gasteiger partial charge is 0.454 e. The maximum atomic E-state index is 13.4. The highest BCUT2D eigenvalue weighted by Gasteiger charge is 2.51. The first kappa shape index (κ1) is 21.5. The first-order valence-corrected chi connectivity index (χ1v) is 11.4. The Labute approximate surface area is 197 Å². The number of fused-ring (bicyclic) bond motifs is 1. The molecule has 5 heteroatoms. The van der Waals surface area contributed by atoms with Crippen LogP contribution in [0.2, 0.25) is 0 Å². The molecule has 1 aliphatic carbocycles. The van der Waals surface area contributed by atoms with Crippen LogP contribution in [0.3, 0.4) is 0 Å². The van der Waals surface area contributed by atoms with Gasteiger partial charge in [-0.05, 0) is 76.4 Å². The fourth-order valence-corrected chi connectivity index (χ4v) is 4.57. The molecule has 33 heavy (non-hydrogen) atoms. The number of aliphatic hydroxyl groups is 1. The van der Waals surface area contributed by atoms with Crippen molar-refractivity contribution in [2.45, 2.75) is 51.0 Å². The summed E-state index contributed by atoms with van der Waals surface area (Å²) in [5.41, 5.74) is 5.27. The molecule has 2 N–H and O–H groups in total. The summed E-state index contributed by atoms with van der Waals surface area (Å²) in [7, 11) is 0. The maximum Gasteiger partial charge on any atom is 0.235 e. The molecule has 0 unspecified atom stereocenters. The Balaban J connectivity index is 0.00000171. The van der Waals surface area contributed by atoms with Crippen LogP contribution >= 0.6 is 0 Å². The van der Waals surface area contributed by atoms with Gasteiger partial charge in [0.25, 0.3) is 0 Å². The smallest absolute Gasteiger partial charge is 0.235 e. The van der Waals surface area contributed by atoms with E-state index in [0.29, 0.717) is 5.75 Å². The zero-order chi connectivity index (χ0) is 23.2. The van der Waals surface area contributed by atoms with Gasteiger partial charge in [-0.3, -0.25) is 4.79 Å². The average molecular weight is 448 g/mol. The van der Waals surface area contributed by atoms with E-state index in [0.717, 1.165) is 46.5 Å². The highest BCUT2D eigenvalue weighted by atomic mass is 16.7. The number of hydrogen-bond donors (Lipinski definition) is 2. The van der Waals surface area contributed by atoms with E-state index < -0.39 is 5.41 Å². The summed E-state index contributed by atoms with van der Waals surface area (Å²) in [5, 5.41) is 12.8. The number of anilines is 1. The van der Waals surface area contributed by atoms with E-state index >= 15 is 0 Å². The molecule has 0 bridgehead atoms. The van der Waals surface area contributed by atoms with Crippen molar-refractivity contribution >= 4 is 11.6 Å². The number of nitrogens with one attached hydrogen (secondary N) is 1. The molecule has 1 fully saturated rings. The molecule has 1 saturated carbocycles. The van der Waals surface area contributed by atoms with Crippen LogP contribution in [0.25, 0.3) is 11.1 Å². The molecule has 5 rings (SSSR count). The minimum atomic E-state index is -0.527. The molecule has 0 radical (unpaired) electrons. The molecule has 0 saturated heterocycles. The van der Waals surface area contributed by atoms with E-state index in [1.54, 1.807) is 0 Å². The van der Waals surface area contributed by atoms with Gasteiger partial charge in [-0.25, -0.2) is 0 Å². The van der Waals surface area contributed by atoms with Gasteiger partial charge in [0.05, 0.1) is 12.0 Å². The number of ether oxygens (including phenoxy) is 2. The van der Waals surface area contributed by atoms with Crippen molar-refractivity contribution < 1.29 is 22.2 Å². The van der Waals surface area contributed by atoms with Gasteiger partial charge in [-0.2, -0.15) is 0 Å². The van der Waals surface area contributed by atoms with Crippen LogP contribution in [0.15, 0.2) is 60.7 Å². The predicted molar refractivity (Wildman–Crippen MR) is 133 cm³/mol. The number of aliphatic hydroxyl groups excluding tert-OH is 1. The maximum absolute atomic E-state index is 13.4. The summed E-state index contributed by atoms with van der Waals surface area (Å²) in [6.07, 6.45) is 1.62. The highest BCUT2D eigenvalue weighted by Crippen LogP contribution is 2.51. The van der Waals surface area contributed by atoms with Crippen LogP contribution in [0.5, 0.6) is 11.5 Å².